The summed E-state index contributed by atoms with van der Waals surface area (Å²) < 4.78 is 27.8. The smallest absolute Gasteiger partial charge is 0.410 e. The van der Waals surface area contributed by atoms with Crippen molar-refractivity contribution in [3.63, 3.8) is 0 Å². The lowest BCUT2D eigenvalue weighted by molar-refractivity contribution is -0.151. The van der Waals surface area contributed by atoms with Gasteiger partial charge in [0, 0.05) is 13.0 Å². The monoisotopic (exact) mass is 283 g/mol. The molecule has 0 saturated heterocycles. The molecule has 0 aliphatic carbocycles. The number of amides is 1. The molecule has 0 aromatic carbocycles. The molecule has 0 spiro atoms. The zero-order valence-electron chi connectivity index (χ0n) is 9.96. The van der Waals surface area contributed by atoms with E-state index in [0.717, 1.165) is 0 Å². The third-order valence-corrected chi connectivity index (χ3v) is 2.35. The van der Waals surface area contributed by atoms with Crippen LogP contribution in [0.2, 0.25) is 0 Å². The van der Waals surface area contributed by atoms with Gasteiger partial charge >= 0.3 is 12.1 Å². The third kappa shape index (κ3) is 10.00. The van der Waals surface area contributed by atoms with Crippen LogP contribution in [0.25, 0.3) is 0 Å². The van der Waals surface area contributed by atoms with Crippen LogP contribution in [0.3, 0.4) is 0 Å². The molecule has 0 aliphatic rings. The van der Waals surface area contributed by atoms with Gasteiger partial charge < -0.3 is 24.4 Å². The van der Waals surface area contributed by atoms with Crippen LogP contribution in [-0.4, -0.2) is 51.1 Å². The summed E-state index contributed by atoms with van der Waals surface area (Å²) in [4.78, 5) is 21.9. The van der Waals surface area contributed by atoms with Crippen LogP contribution >= 0.6 is 0 Å². The molecule has 8 nitrogen and oxygen atoms in total. The van der Waals surface area contributed by atoms with Gasteiger partial charge in [0.2, 0.25) is 6.79 Å². The minimum atomic E-state index is -2.14. The molecule has 106 valence electrons. The summed E-state index contributed by atoms with van der Waals surface area (Å²) in [5, 5.41) is 11.3. The molecule has 0 rings (SSSR count). The van der Waals surface area contributed by atoms with Crippen molar-refractivity contribution < 1.29 is 32.9 Å². The molecule has 0 aromatic heterocycles. The Balaban J connectivity index is 3.59. The molecule has 0 saturated carbocycles. The molecule has 1 unspecified atom stereocenters. The van der Waals surface area contributed by atoms with Gasteiger partial charge in [-0.05, 0) is 6.42 Å². The lowest BCUT2D eigenvalue weighted by atomic mass is 10.3. The van der Waals surface area contributed by atoms with Crippen LogP contribution in [0.4, 0.5) is 4.79 Å². The Morgan fingerprint density at radius 1 is 1.39 bits per heavy atom. The molecule has 3 N–H and O–H groups in total. The number of aliphatic hydroxyl groups is 1. The summed E-state index contributed by atoms with van der Waals surface area (Å²) in [7, 11) is 0. The largest absolute Gasteiger partial charge is 0.428 e. The topological polar surface area (TPSA) is 122 Å². The minimum Gasteiger partial charge on any atom is -0.428 e. The van der Waals surface area contributed by atoms with Crippen LogP contribution in [0.1, 0.15) is 19.8 Å². The fraction of sp³-hybridized carbons (Fsp3) is 0.778. The van der Waals surface area contributed by atoms with Crippen molar-refractivity contribution in [3.05, 3.63) is 0 Å². The van der Waals surface area contributed by atoms with E-state index in [1.165, 1.54) is 0 Å². The highest BCUT2D eigenvalue weighted by Crippen LogP contribution is 1.92. The van der Waals surface area contributed by atoms with Crippen molar-refractivity contribution in [1.82, 2.24) is 5.32 Å². The van der Waals surface area contributed by atoms with E-state index >= 15 is 0 Å². The lowest BCUT2D eigenvalue weighted by Crippen LogP contribution is -2.35. The van der Waals surface area contributed by atoms with Crippen molar-refractivity contribution in [1.29, 1.82) is 0 Å². The standard InChI is InChI=1S/C9H17NO7S/c1-2-3-8(12)16-6-17-9(13)10-4-7(11)5-18(14)15/h7,11H,2-6H2,1H3,(H,10,13)(H,14,15)/t7-/m1/s1. The van der Waals surface area contributed by atoms with E-state index in [2.05, 4.69) is 14.8 Å². The predicted octanol–water partition coefficient (Wildman–Crippen LogP) is -0.404. The van der Waals surface area contributed by atoms with Crippen LogP contribution in [-0.2, 0) is 25.3 Å². The van der Waals surface area contributed by atoms with E-state index in [-0.39, 0.29) is 18.7 Å². The Morgan fingerprint density at radius 3 is 2.61 bits per heavy atom. The summed E-state index contributed by atoms with van der Waals surface area (Å²) in [6.45, 7) is 1.07. The van der Waals surface area contributed by atoms with Gasteiger partial charge in [-0.15, -0.1) is 0 Å². The minimum absolute atomic E-state index is 0.228. The Morgan fingerprint density at radius 2 is 2.06 bits per heavy atom. The maximum absolute atomic E-state index is 11.0. The second-order valence-corrected chi connectivity index (χ2v) is 4.32. The molecule has 2 atom stereocenters. The van der Waals surface area contributed by atoms with Crippen molar-refractivity contribution in [2.75, 3.05) is 19.1 Å². The van der Waals surface area contributed by atoms with Crippen LogP contribution in [0.15, 0.2) is 0 Å². The normalized spacial score (nSPS) is 13.5. The molecule has 9 heteroatoms. The predicted molar refractivity (Wildman–Crippen MR) is 62.0 cm³/mol. The second kappa shape index (κ2) is 9.80. The van der Waals surface area contributed by atoms with Crippen LogP contribution < -0.4 is 5.32 Å². The molecular weight excluding hydrogens is 266 g/mol. The number of carbonyl (C=O) groups excluding carboxylic acids is 2. The first-order valence-corrected chi connectivity index (χ1v) is 6.55. The van der Waals surface area contributed by atoms with E-state index in [1.54, 1.807) is 6.92 Å². The van der Waals surface area contributed by atoms with Crippen molar-refractivity contribution in [3.8, 4) is 0 Å². The molecule has 1 amide bonds. The summed E-state index contributed by atoms with van der Waals surface area (Å²) in [5.41, 5.74) is 0. The number of hydrogen-bond acceptors (Lipinski definition) is 6. The van der Waals surface area contributed by atoms with Gasteiger partial charge in [-0.2, -0.15) is 0 Å². The Labute approximate surface area is 107 Å². The SMILES string of the molecule is CCCC(=O)OCOC(=O)NC[C@@H](O)CS(=O)O. The van der Waals surface area contributed by atoms with Crippen molar-refractivity contribution >= 4 is 23.1 Å². The maximum Gasteiger partial charge on any atom is 0.410 e. The zero-order chi connectivity index (χ0) is 14.0. The summed E-state index contributed by atoms with van der Waals surface area (Å²) >= 11 is -2.14. The van der Waals surface area contributed by atoms with Gasteiger partial charge in [0.1, 0.15) is 0 Å². The third-order valence-electron chi connectivity index (χ3n) is 1.68. The highest BCUT2D eigenvalue weighted by atomic mass is 32.2. The molecular formula is C9H17NO7S. The first-order chi connectivity index (χ1) is 8.45. The number of hydrogen-bond donors (Lipinski definition) is 3. The van der Waals surface area contributed by atoms with E-state index in [4.69, 9.17) is 9.66 Å². The zero-order valence-corrected chi connectivity index (χ0v) is 10.8. The molecule has 0 bridgehead atoms. The number of alkyl carbamates (subject to hydrolysis) is 1. The quantitative estimate of drug-likeness (QED) is 0.314. The van der Waals surface area contributed by atoms with Gasteiger partial charge in [-0.25, -0.2) is 9.00 Å². The Hall–Kier alpha value is -1.19. The number of ether oxygens (including phenoxy) is 2. The number of aliphatic hydroxyl groups excluding tert-OH is 1. The summed E-state index contributed by atoms with van der Waals surface area (Å²) in [6.07, 6.45) is -1.16. The average molecular weight is 283 g/mol. The molecule has 0 radical (unpaired) electrons. The molecule has 0 aromatic rings. The van der Waals surface area contributed by atoms with Gasteiger partial charge in [0.15, 0.2) is 11.1 Å². The van der Waals surface area contributed by atoms with E-state index in [0.29, 0.717) is 6.42 Å². The lowest BCUT2D eigenvalue weighted by Gasteiger charge is -2.10. The van der Waals surface area contributed by atoms with Gasteiger partial charge in [0.25, 0.3) is 0 Å². The Bertz CT molecular complexity index is 297. The fourth-order valence-electron chi connectivity index (χ4n) is 0.901. The highest BCUT2D eigenvalue weighted by molar-refractivity contribution is 7.79. The number of carbonyl (C=O) groups is 2. The molecule has 0 heterocycles. The first kappa shape index (κ1) is 16.8. The molecule has 18 heavy (non-hydrogen) atoms. The summed E-state index contributed by atoms with van der Waals surface area (Å²) in [5.74, 6) is -0.841. The molecule has 0 aliphatic heterocycles. The second-order valence-electron chi connectivity index (χ2n) is 3.34. The highest BCUT2D eigenvalue weighted by Gasteiger charge is 2.10. The van der Waals surface area contributed by atoms with E-state index in [1.807, 2.05) is 0 Å². The first-order valence-electron chi connectivity index (χ1n) is 5.27. The maximum atomic E-state index is 11.0. The molecule has 0 fully saturated rings. The Kier molecular flexibility index (Phi) is 9.15. The number of esters is 1. The van der Waals surface area contributed by atoms with E-state index in [9.17, 15) is 13.8 Å². The van der Waals surface area contributed by atoms with Crippen LogP contribution in [0.5, 0.6) is 0 Å². The van der Waals surface area contributed by atoms with Crippen molar-refractivity contribution in [2.45, 2.75) is 25.9 Å². The van der Waals surface area contributed by atoms with E-state index < -0.39 is 36.0 Å². The van der Waals surface area contributed by atoms with Gasteiger partial charge in [-0.1, -0.05) is 6.92 Å². The van der Waals surface area contributed by atoms with Gasteiger partial charge in [-0.3, -0.25) is 4.79 Å². The fourth-order valence-corrected chi connectivity index (χ4v) is 1.35. The summed E-state index contributed by atoms with van der Waals surface area (Å²) in [6, 6.07) is 0. The average Bonchev–Trinajstić information content (AvgIpc) is 2.26. The number of nitrogens with one attached hydrogen (secondary N) is 1. The van der Waals surface area contributed by atoms with Gasteiger partial charge in [0.05, 0.1) is 11.9 Å². The van der Waals surface area contributed by atoms with Crippen LogP contribution in [0, 0.1) is 0 Å². The number of rotatable bonds is 8. The van der Waals surface area contributed by atoms with Crippen molar-refractivity contribution in [2.24, 2.45) is 0 Å².